The van der Waals surface area contributed by atoms with E-state index in [0.29, 0.717) is 40.6 Å². The molecule has 196 valence electrons. The van der Waals surface area contributed by atoms with E-state index >= 15 is 0 Å². The monoisotopic (exact) mass is 526 g/mol. The molecular weight excluding hydrogens is 503 g/mol. The van der Waals surface area contributed by atoms with Crippen LogP contribution in [0.5, 0.6) is 17.2 Å². The summed E-state index contributed by atoms with van der Waals surface area (Å²) in [5, 5.41) is 10.4. The number of carbonyl (C=O) groups is 1. The first-order valence-corrected chi connectivity index (χ1v) is 12.3. The molecule has 3 heterocycles. The van der Waals surface area contributed by atoms with Crippen molar-refractivity contribution in [2.75, 3.05) is 13.9 Å². The Morgan fingerprint density at radius 2 is 1.72 bits per heavy atom. The molecule has 1 amide bonds. The fraction of sp³-hybridized carbons (Fsp3) is 0.172. The van der Waals surface area contributed by atoms with Gasteiger partial charge >= 0.3 is 0 Å². The van der Waals surface area contributed by atoms with Crippen molar-refractivity contribution in [2.24, 2.45) is 5.10 Å². The normalized spacial score (nSPS) is 15.8. The Balaban J connectivity index is 1.30. The lowest BCUT2D eigenvalue weighted by Crippen LogP contribution is -2.34. The SMILES string of the molecule is COc1ccc(C2=NN(C(=O)Cn3nc(-c4ccc5c(c4)OCO5)ccc3=O)C(c3ccc(F)cc3)C2)cc1. The molecule has 1 aromatic heterocycles. The van der Waals surface area contributed by atoms with Crippen molar-refractivity contribution >= 4 is 11.6 Å². The number of hydrogen-bond donors (Lipinski definition) is 0. The van der Waals surface area contributed by atoms with Crippen LogP contribution in [0.1, 0.15) is 23.6 Å². The Bertz CT molecular complexity index is 1630. The van der Waals surface area contributed by atoms with Gasteiger partial charge in [-0.05, 0) is 71.8 Å². The minimum absolute atomic E-state index is 0.143. The lowest BCUT2D eigenvalue weighted by atomic mass is 9.98. The van der Waals surface area contributed by atoms with Crippen LogP contribution in [0.3, 0.4) is 0 Å². The van der Waals surface area contributed by atoms with E-state index in [1.807, 2.05) is 30.3 Å². The fourth-order valence-electron chi connectivity index (χ4n) is 4.62. The molecule has 0 saturated carbocycles. The number of aromatic nitrogens is 2. The highest BCUT2D eigenvalue weighted by Crippen LogP contribution is 2.36. The smallest absolute Gasteiger partial charge is 0.267 e. The second-order valence-corrected chi connectivity index (χ2v) is 9.07. The van der Waals surface area contributed by atoms with Gasteiger partial charge in [0.05, 0.1) is 24.6 Å². The number of methoxy groups -OCH3 is 1. The quantitative estimate of drug-likeness (QED) is 0.374. The zero-order valence-electron chi connectivity index (χ0n) is 20.9. The molecule has 2 aliphatic heterocycles. The molecule has 3 aromatic carbocycles. The highest BCUT2D eigenvalue weighted by atomic mass is 19.1. The number of rotatable bonds is 6. The van der Waals surface area contributed by atoms with Crippen LogP contribution >= 0.6 is 0 Å². The Morgan fingerprint density at radius 1 is 0.974 bits per heavy atom. The number of ether oxygens (including phenoxy) is 3. The predicted molar refractivity (Wildman–Crippen MR) is 140 cm³/mol. The molecule has 0 spiro atoms. The van der Waals surface area contributed by atoms with E-state index in [0.717, 1.165) is 15.8 Å². The average Bonchev–Trinajstić information content (AvgIpc) is 3.62. The van der Waals surface area contributed by atoms with Crippen LogP contribution in [0.15, 0.2) is 88.8 Å². The molecule has 1 atom stereocenters. The zero-order chi connectivity index (χ0) is 26.9. The molecule has 2 aliphatic rings. The third-order valence-electron chi connectivity index (χ3n) is 6.66. The van der Waals surface area contributed by atoms with Gasteiger partial charge in [-0.3, -0.25) is 9.59 Å². The van der Waals surface area contributed by atoms with Crippen LogP contribution in [-0.4, -0.2) is 40.3 Å². The van der Waals surface area contributed by atoms with Crippen LogP contribution in [-0.2, 0) is 11.3 Å². The van der Waals surface area contributed by atoms with Crippen molar-refractivity contribution in [1.29, 1.82) is 0 Å². The van der Waals surface area contributed by atoms with E-state index in [-0.39, 0.29) is 19.2 Å². The molecule has 0 aliphatic carbocycles. The molecule has 10 heteroatoms. The van der Waals surface area contributed by atoms with E-state index in [1.165, 1.54) is 23.2 Å². The molecule has 6 rings (SSSR count). The molecular formula is C29H23FN4O5. The van der Waals surface area contributed by atoms with Crippen molar-refractivity contribution < 1.29 is 23.4 Å². The Hall–Kier alpha value is -4.99. The summed E-state index contributed by atoms with van der Waals surface area (Å²) in [6.07, 6.45) is 0.420. The number of hydrogen-bond acceptors (Lipinski definition) is 7. The standard InChI is InChI=1S/C29H23FN4O5/c1-37-22-9-4-18(5-10-22)24-15-25(19-2-7-21(30)8-3-19)34(32-24)29(36)16-33-28(35)13-11-23(31-33)20-6-12-26-27(14-20)39-17-38-26/h2-14,25H,15-17H2,1H3. The third kappa shape index (κ3) is 4.84. The summed E-state index contributed by atoms with van der Waals surface area (Å²) in [5.41, 5.74) is 3.04. The van der Waals surface area contributed by atoms with E-state index in [9.17, 15) is 14.0 Å². The second kappa shape index (κ2) is 10.1. The van der Waals surface area contributed by atoms with Gasteiger partial charge in [-0.15, -0.1) is 0 Å². The summed E-state index contributed by atoms with van der Waals surface area (Å²) in [5.74, 6) is 1.12. The van der Waals surface area contributed by atoms with E-state index in [2.05, 4.69) is 10.2 Å². The van der Waals surface area contributed by atoms with Gasteiger partial charge in [-0.2, -0.15) is 10.2 Å². The average molecular weight is 527 g/mol. The van der Waals surface area contributed by atoms with E-state index in [1.54, 1.807) is 37.4 Å². The molecule has 39 heavy (non-hydrogen) atoms. The summed E-state index contributed by atoms with van der Waals surface area (Å²) in [4.78, 5) is 26.3. The lowest BCUT2D eigenvalue weighted by Gasteiger charge is -2.22. The number of hydrazone groups is 1. The van der Waals surface area contributed by atoms with Gasteiger partial charge in [-0.25, -0.2) is 14.1 Å². The van der Waals surface area contributed by atoms with Gasteiger partial charge in [-0.1, -0.05) is 12.1 Å². The third-order valence-corrected chi connectivity index (χ3v) is 6.66. The van der Waals surface area contributed by atoms with Crippen molar-refractivity contribution in [2.45, 2.75) is 19.0 Å². The summed E-state index contributed by atoms with van der Waals surface area (Å²) in [6.45, 7) is -0.182. The summed E-state index contributed by atoms with van der Waals surface area (Å²) < 4.78 is 30.8. The van der Waals surface area contributed by atoms with E-state index < -0.39 is 17.5 Å². The maximum atomic E-state index is 13.6. The van der Waals surface area contributed by atoms with Crippen molar-refractivity contribution in [3.63, 3.8) is 0 Å². The Labute approximate surface area is 222 Å². The Kier molecular flexibility index (Phi) is 6.28. The highest BCUT2D eigenvalue weighted by Gasteiger charge is 2.33. The van der Waals surface area contributed by atoms with Gasteiger partial charge in [0, 0.05) is 18.1 Å². The van der Waals surface area contributed by atoms with Crippen LogP contribution in [0.2, 0.25) is 0 Å². The van der Waals surface area contributed by atoms with Crippen molar-refractivity contribution in [3.8, 4) is 28.5 Å². The molecule has 4 aromatic rings. The number of carbonyl (C=O) groups excluding carboxylic acids is 1. The largest absolute Gasteiger partial charge is 0.497 e. The number of amides is 1. The number of nitrogens with zero attached hydrogens (tertiary/aromatic N) is 4. The minimum atomic E-state index is -0.469. The topological polar surface area (TPSA) is 95.2 Å². The minimum Gasteiger partial charge on any atom is -0.497 e. The molecule has 0 bridgehead atoms. The summed E-state index contributed by atoms with van der Waals surface area (Å²) in [7, 11) is 1.59. The maximum Gasteiger partial charge on any atom is 0.267 e. The molecule has 0 radical (unpaired) electrons. The van der Waals surface area contributed by atoms with Gasteiger partial charge in [0.1, 0.15) is 18.1 Å². The van der Waals surface area contributed by atoms with E-state index in [4.69, 9.17) is 14.2 Å². The molecule has 0 fully saturated rings. The van der Waals surface area contributed by atoms with Crippen LogP contribution in [0.25, 0.3) is 11.3 Å². The number of halogens is 1. The summed E-state index contributed by atoms with van der Waals surface area (Å²) in [6, 6.07) is 21.2. The number of benzene rings is 3. The molecule has 0 N–H and O–H groups in total. The van der Waals surface area contributed by atoms with Crippen LogP contribution in [0.4, 0.5) is 4.39 Å². The Morgan fingerprint density at radius 3 is 2.49 bits per heavy atom. The molecule has 1 unspecified atom stereocenters. The van der Waals surface area contributed by atoms with Gasteiger partial charge in [0.2, 0.25) is 6.79 Å². The predicted octanol–water partition coefficient (Wildman–Crippen LogP) is 4.16. The highest BCUT2D eigenvalue weighted by molar-refractivity contribution is 6.03. The van der Waals surface area contributed by atoms with Gasteiger partial charge in [0.15, 0.2) is 11.5 Å². The second-order valence-electron chi connectivity index (χ2n) is 9.07. The zero-order valence-corrected chi connectivity index (χ0v) is 20.9. The molecule has 9 nitrogen and oxygen atoms in total. The lowest BCUT2D eigenvalue weighted by molar-refractivity contribution is -0.133. The maximum absolute atomic E-state index is 13.6. The van der Waals surface area contributed by atoms with Crippen molar-refractivity contribution in [1.82, 2.24) is 14.8 Å². The van der Waals surface area contributed by atoms with Crippen LogP contribution in [0, 0.1) is 5.82 Å². The number of fused-ring (bicyclic) bond motifs is 1. The molecule has 0 saturated heterocycles. The van der Waals surface area contributed by atoms with Gasteiger partial charge in [0.25, 0.3) is 11.5 Å². The summed E-state index contributed by atoms with van der Waals surface area (Å²) >= 11 is 0. The van der Waals surface area contributed by atoms with Crippen LogP contribution < -0.4 is 19.8 Å². The van der Waals surface area contributed by atoms with Crippen molar-refractivity contribution in [3.05, 3.63) is 106 Å². The first-order valence-electron chi connectivity index (χ1n) is 12.3. The van der Waals surface area contributed by atoms with Gasteiger partial charge < -0.3 is 14.2 Å². The first kappa shape index (κ1) is 24.4. The first-order chi connectivity index (χ1) is 19.0. The fourth-order valence-corrected chi connectivity index (χ4v) is 4.62.